The standard InChI is InChI=1S/C26H28N4O4S/c1-32-19-10-6-5-9-18(19)22-24(23(31)17-11-12-20-21(15-17)34-14-13-33-20)35-26-28-27-25(30(26)29-22)16-7-3-2-4-8-16/h5-6,9-12,15-16,22,24,29H,2-4,7-8,13-14H2,1H3/t22-,24-/m0/s1. The Hall–Kier alpha value is -3.20. The molecule has 8 nitrogen and oxygen atoms in total. The van der Waals surface area contributed by atoms with Gasteiger partial charge in [-0.3, -0.25) is 4.79 Å². The van der Waals surface area contributed by atoms with E-state index in [-0.39, 0.29) is 11.8 Å². The summed E-state index contributed by atoms with van der Waals surface area (Å²) in [5.41, 5.74) is 5.11. The van der Waals surface area contributed by atoms with E-state index in [1.165, 1.54) is 31.0 Å². The maximum absolute atomic E-state index is 13.9. The molecule has 1 N–H and O–H groups in total. The largest absolute Gasteiger partial charge is 0.496 e. The highest BCUT2D eigenvalue weighted by atomic mass is 32.2. The number of Topliss-reactive ketones (excluding diaryl/α,β-unsaturated/α-hetero) is 1. The van der Waals surface area contributed by atoms with Crippen LogP contribution in [0.2, 0.25) is 0 Å². The number of aromatic nitrogens is 3. The zero-order valence-electron chi connectivity index (χ0n) is 19.6. The van der Waals surface area contributed by atoms with Crippen molar-refractivity contribution in [2.75, 3.05) is 25.7 Å². The lowest BCUT2D eigenvalue weighted by Crippen LogP contribution is -2.40. The van der Waals surface area contributed by atoms with Gasteiger partial charge in [0.25, 0.3) is 0 Å². The number of fused-ring (bicyclic) bond motifs is 2. The number of para-hydroxylation sites is 1. The van der Waals surface area contributed by atoms with Crippen LogP contribution in [0.4, 0.5) is 0 Å². The molecule has 1 aliphatic carbocycles. The Balaban J connectivity index is 1.39. The highest BCUT2D eigenvalue weighted by Crippen LogP contribution is 2.43. The molecule has 1 fully saturated rings. The summed E-state index contributed by atoms with van der Waals surface area (Å²) in [4.78, 5) is 13.9. The van der Waals surface area contributed by atoms with E-state index in [1.807, 2.05) is 41.1 Å². The molecule has 2 atom stereocenters. The first kappa shape index (κ1) is 22.3. The zero-order chi connectivity index (χ0) is 23.8. The lowest BCUT2D eigenvalue weighted by atomic mass is 9.89. The van der Waals surface area contributed by atoms with Gasteiger partial charge in [-0.05, 0) is 37.1 Å². The summed E-state index contributed by atoms with van der Waals surface area (Å²) in [5.74, 6) is 3.33. The van der Waals surface area contributed by atoms with Gasteiger partial charge in [0.1, 0.15) is 24.2 Å². The molecule has 6 rings (SSSR count). The second-order valence-electron chi connectivity index (χ2n) is 9.12. The number of carbonyl (C=O) groups excluding carboxylic acids is 1. The van der Waals surface area contributed by atoms with Gasteiger partial charge >= 0.3 is 0 Å². The van der Waals surface area contributed by atoms with Crippen molar-refractivity contribution in [3.8, 4) is 17.2 Å². The Morgan fingerprint density at radius 3 is 2.69 bits per heavy atom. The van der Waals surface area contributed by atoms with E-state index in [4.69, 9.17) is 14.2 Å². The lowest BCUT2D eigenvalue weighted by molar-refractivity contribution is 0.0978. The van der Waals surface area contributed by atoms with Crippen LogP contribution in [0.25, 0.3) is 0 Å². The lowest BCUT2D eigenvalue weighted by Gasteiger charge is -2.34. The van der Waals surface area contributed by atoms with Crippen molar-refractivity contribution in [2.45, 2.75) is 54.5 Å². The van der Waals surface area contributed by atoms with Crippen LogP contribution in [0.3, 0.4) is 0 Å². The molecule has 9 heteroatoms. The summed E-state index contributed by atoms with van der Waals surface area (Å²) in [6.07, 6.45) is 5.92. The molecule has 2 aliphatic heterocycles. The number of benzene rings is 2. The third-order valence-corrected chi connectivity index (χ3v) is 8.21. The van der Waals surface area contributed by atoms with Crippen molar-refractivity contribution in [3.05, 3.63) is 59.4 Å². The van der Waals surface area contributed by atoms with Gasteiger partial charge in [-0.15, -0.1) is 10.2 Å². The van der Waals surface area contributed by atoms with Gasteiger partial charge in [-0.25, -0.2) is 4.68 Å². The number of thioether (sulfide) groups is 1. The fraction of sp³-hybridized carbons (Fsp3) is 0.423. The van der Waals surface area contributed by atoms with E-state index in [9.17, 15) is 4.79 Å². The van der Waals surface area contributed by atoms with Crippen LogP contribution >= 0.6 is 11.8 Å². The SMILES string of the molecule is COc1ccccc1[C@@H]1Nn2c(nnc2C2CCCCC2)S[C@@H]1C(=O)c1ccc2c(c1)OCCO2. The topological polar surface area (TPSA) is 87.5 Å². The molecule has 3 aliphatic rings. The van der Waals surface area contributed by atoms with Crippen LogP contribution in [0.5, 0.6) is 17.2 Å². The van der Waals surface area contributed by atoms with Crippen molar-refractivity contribution in [1.82, 2.24) is 14.9 Å². The summed E-state index contributed by atoms with van der Waals surface area (Å²) in [7, 11) is 1.66. The van der Waals surface area contributed by atoms with Crippen LogP contribution in [-0.2, 0) is 0 Å². The van der Waals surface area contributed by atoms with E-state index in [1.54, 1.807) is 13.2 Å². The number of nitrogens with zero attached hydrogens (tertiary/aromatic N) is 3. The van der Waals surface area contributed by atoms with E-state index in [0.29, 0.717) is 41.4 Å². The van der Waals surface area contributed by atoms with E-state index >= 15 is 0 Å². The van der Waals surface area contributed by atoms with Crippen molar-refractivity contribution in [2.24, 2.45) is 0 Å². The monoisotopic (exact) mass is 492 g/mol. The first-order valence-corrected chi connectivity index (χ1v) is 13.1. The van der Waals surface area contributed by atoms with Crippen LogP contribution in [-0.4, -0.2) is 46.2 Å². The first-order valence-electron chi connectivity index (χ1n) is 12.2. The van der Waals surface area contributed by atoms with Crippen LogP contribution in [0.1, 0.15) is 65.8 Å². The van der Waals surface area contributed by atoms with Gasteiger partial charge in [-0.2, -0.15) is 0 Å². The molecule has 2 aromatic carbocycles. The molecule has 1 aromatic heterocycles. The Bertz CT molecular complexity index is 1240. The van der Waals surface area contributed by atoms with Crippen molar-refractivity contribution in [1.29, 1.82) is 0 Å². The van der Waals surface area contributed by atoms with Crippen molar-refractivity contribution < 1.29 is 19.0 Å². The number of methoxy groups -OCH3 is 1. The number of rotatable bonds is 5. The maximum Gasteiger partial charge on any atom is 0.210 e. The zero-order valence-corrected chi connectivity index (χ0v) is 20.4. The second kappa shape index (κ2) is 9.45. The summed E-state index contributed by atoms with van der Waals surface area (Å²) in [6, 6.07) is 12.9. The molecule has 0 radical (unpaired) electrons. The first-order chi connectivity index (χ1) is 17.2. The summed E-state index contributed by atoms with van der Waals surface area (Å²) in [6.45, 7) is 0.985. The minimum absolute atomic E-state index is 0.0103. The third kappa shape index (κ3) is 4.11. The molecule has 0 amide bonds. The number of ketones is 1. The smallest absolute Gasteiger partial charge is 0.210 e. The number of hydrogen-bond donors (Lipinski definition) is 1. The molecule has 3 heterocycles. The molecule has 0 bridgehead atoms. The van der Waals surface area contributed by atoms with Crippen molar-refractivity contribution >= 4 is 17.5 Å². The Kier molecular flexibility index (Phi) is 6.01. The predicted octanol–water partition coefficient (Wildman–Crippen LogP) is 4.75. The second-order valence-corrected chi connectivity index (χ2v) is 10.2. The van der Waals surface area contributed by atoms with Crippen LogP contribution in [0.15, 0.2) is 47.6 Å². The van der Waals surface area contributed by atoms with Gasteiger partial charge in [0.2, 0.25) is 5.16 Å². The Morgan fingerprint density at radius 2 is 1.86 bits per heavy atom. The molecule has 3 aromatic rings. The third-order valence-electron chi connectivity index (χ3n) is 6.99. The van der Waals surface area contributed by atoms with Gasteiger partial charge in [-0.1, -0.05) is 49.2 Å². The highest BCUT2D eigenvalue weighted by Gasteiger charge is 2.40. The fourth-order valence-electron chi connectivity index (χ4n) is 5.21. The quantitative estimate of drug-likeness (QED) is 0.511. The molecule has 0 spiro atoms. The maximum atomic E-state index is 13.9. The van der Waals surface area contributed by atoms with Crippen LogP contribution < -0.4 is 19.6 Å². The molecule has 182 valence electrons. The number of carbonyl (C=O) groups is 1. The average Bonchev–Trinajstić information content (AvgIpc) is 3.35. The molecule has 0 unspecified atom stereocenters. The highest BCUT2D eigenvalue weighted by molar-refractivity contribution is 8.00. The van der Waals surface area contributed by atoms with E-state index in [2.05, 4.69) is 15.6 Å². The minimum Gasteiger partial charge on any atom is -0.496 e. The van der Waals surface area contributed by atoms with Crippen molar-refractivity contribution in [3.63, 3.8) is 0 Å². The van der Waals surface area contributed by atoms with Gasteiger partial charge in [0.05, 0.1) is 13.2 Å². The molecule has 0 saturated heterocycles. The summed E-state index contributed by atoms with van der Waals surface area (Å²) < 4.78 is 19.1. The molecule has 1 saturated carbocycles. The normalized spacial score (nSPS) is 21.6. The van der Waals surface area contributed by atoms with E-state index < -0.39 is 5.25 Å². The molecule has 35 heavy (non-hydrogen) atoms. The van der Waals surface area contributed by atoms with E-state index in [0.717, 1.165) is 30.0 Å². The van der Waals surface area contributed by atoms with Gasteiger partial charge < -0.3 is 19.6 Å². The fourth-order valence-corrected chi connectivity index (χ4v) is 6.37. The molecular formula is C26H28N4O4S. The Labute approximate surface area is 208 Å². The van der Waals surface area contributed by atoms with Crippen LogP contribution in [0, 0.1) is 0 Å². The van der Waals surface area contributed by atoms with Gasteiger partial charge in [0.15, 0.2) is 23.1 Å². The van der Waals surface area contributed by atoms with Gasteiger partial charge in [0, 0.05) is 17.0 Å². The Morgan fingerprint density at radius 1 is 1.06 bits per heavy atom. The molecular weight excluding hydrogens is 464 g/mol. The number of hydrogen-bond acceptors (Lipinski definition) is 8. The summed E-state index contributed by atoms with van der Waals surface area (Å²) >= 11 is 1.45. The number of ether oxygens (including phenoxy) is 3. The predicted molar refractivity (Wildman–Crippen MR) is 132 cm³/mol. The minimum atomic E-state index is -0.468. The average molecular weight is 493 g/mol. The number of nitrogens with one attached hydrogen (secondary N) is 1. The summed E-state index contributed by atoms with van der Waals surface area (Å²) in [5, 5.41) is 9.30.